The molecule has 5 heteroatoms. The molecule has 1 aliphatic rings. The van der Waals surface area contributed by atoms with Crippen LogP contribution in [0.5, 0.6) is 0 Å². The van der Waals surface area contributed by atoms with Crippen molar-refractivity contribution in [3.63, 3.8) is 0 Å². The van der Waals surface area contributed by atoms with E-state index in [2.05, 4.69) is 56.5 Å². The van der Waals surface area contributed by atoms with Crippen molar-refractivity contribution in [2.45, 2.75) is 38.5 Å². The molecule has 3 rings (SSSR count). The van der Waals surface area contributed by atoms with Crippen LogP contribution in [0.1, 0.15) is 42.9 Å². The van der Waals surface area contributed by atoms with Crippen LogP contribution in [0.4, 0.5) is 0 Å². The van der Waals surface area contributed by atoms with Gasteiger partial charge in [-0.05, 0) is 60.1 Å². The molecule has 0 aliphatic heterocycles. The Kier molecular flexibility index (Phi) is 4.86. The van der Waals surface area contributed by atoms with Gasteiger partial charge in [-0.15, -0.1) is 0 Å². The standard InChI is InChI=1S/C16H15BrClIN2/c1-9-8-11(6-7-12(9)17)16-20-14(10-4-2-3-5-10)13(19)15(18)21-16/h6-8,10H,2-5H2,1H3. The first-order valence-electron chi connectivity index (χ1n) is 7.05. The van der Waals surface area contributed by atoms with E-state index >= 15 is 0 Å². The van der Waals surface area contributed by atoms with E-state index in [1.165, 1.54) is 31.2 Å². The van der Waals surface area contributed by atoms with Gasteiger partial charge in [-0.2, -0.15) is 0 Å². The van der Waals surface area contributed by atoms with Gasteiger partial charge in [-0.3, -0.25) is 0 Å². The molecule has 1 heterocycles. The average molecular weight is 478 g/mol. The van der Waals surface area contributed by atoms with E-state index in [1.807, 2.05) is 12.1 Å². The lowest BCUT2D eigenvalue weighted by Crippen LogP contribution is -2.04. The van der Waals surface area contributed by atoms with Crippen molar-refractivity contribution >= 4 is 50.1 Å². The predicted octanol–water partition coefficient (Wildman–Crippen LogP) is 6.13. The highest BCUT2D eigenvalue weighted by atomic mass is 127. The molecular formula is C16H15BrClIN2. The molecule has 1 saturated carbocycles. The predicted molar refractivity (Wildman–Crippen MR) is 98.8 cm³/mol. The summed E-state index contributed by atoms with van der Waals surface area (Å²) in [6.07, 6.45) is 4.99. The summed E-state index contributed by atoms with van der Waals surface area (Å²) in [4.78, 5) is 9.32. The lowest BCUT2D eigenvalue weighted by atomic mass is 10.0. The Balaban J connectivity index is 2.08. The number of aromatic nitrogens is 2. The number of rotatable bonds is 2. The second-order valence-electron chi connectivity index (χ2n) is 5.48. The van der Waals surface area contributed by atoms with Crippen LogP contribution >= 0.6 is 50.1 Å². The summed E-state index contributed by atoms with van der Waals surface area (Å²) in [5.74, 6) is 1.27. The molecule has 0 N–H and O–H groups in total. The molecule has 1 aromatic carbocycles. The monoisotopic (exact) mass is 476 g/mol. The Bertz CT molecular complexity index is 684. The third-order valence-electron chi connectivity index (χ3n) is 3.99. The van der Waals surface area contributed by atoms with Crippen LogP contribution in [-0.2, 0) is 0 Å². The van der Waals surface area contributed by atoms with Gasteiger partial charge in [-0.1, -0.05) is 46.4 Å². The Labute approximate surface area is 152 Å². The van der Waals surface area contributed by atoms with E-state index in [-0.39, 0.29) is 0 Å². The Morgan fingerprint density at radius 1 is 1.24 bits per heavy atom. The molecule has 0 unspecified atom stereocenters. The maximum absolute atomic E-state index is 6.35. The van der Waals surface area contributed by atoms with Gasteiger partial charge < -0.3 is 0 Å². The lowest BCUT2D eigenvalue weighted by molar-refractivity contribution is 0.690. The van der Waals surface area contributed by atoms with Crippen LogP contribution in [0.3, 0.4) is 0 Å². The number of aryl methyl sites for hydroxylation is 1. The van der Waals surface area contributed by atoms with Crippen molar-refractivity contribution in [2.75, 3.05) is 0 Å². The first-order valence-corrected chi connectivity index (χ1v) is 9.30. The zero-order chi connectivity index (χ0) is 15.0. The fourth-order valence-electron chi connectivity index (χ4n) is 2.82. The molecule has 0 saturated heterocycles. The fourth-order valence-corrected chi connectivity index (χ4v) is 3.92. The van der Waals surface area contributed by atoms with Crippen LogP contribution in [0.25, 0.3) is 11.4 Å². The molecule has 1 aromatic heterocycles. The van der Waals surface area contributed by atoms with E-state index in [0.717, 1.165) is 25.1 Å². The normalized spacial score (nSPS) is 15.6. The fraction of sp³-hybridized carbons (Fsp3) is 0.375. The smallest absolute Gasteiger partial charge is 0.161 e. The van der Waals surface area contributed by atoms with Crippen molar-refractivity contribution in [1.82, 2.24) is 9.97 Å². The molecule has 1 fully saturated rings. The van der Waals surface area contributed by atoms with E-state index < -0.39 is 0 Å². The second kappa shape index (κ2) is 6.50. The summed E-state index contributed by atoms with van der Waals surface area (Å²) in [6.45, 7) is 2.07. The number of halogens is 3. The summed E-state index contributed by atoms with van der Waals surface area (Å²) >= 11 is 12.2. The van der Waals surface area contributed by atoms with E-state index in [4.69, 9.17) is 16.6 Å². The number of hydrogen-bond donors (Lipinski definition) is 0. The average Bonchev–Trinajstić information content (AvgIpc) is 2.98. The van der Waals surface area contributed by atoms with E-state index in [9.17, 15) is 0 Å². The minimum atomic E-state index is 0.535. The summed E-state index contributed by atoms with van der Waals surface area (Å²) in [7, 11) is 0. The molecule has 0 amide bonds. The number of hydrogen-bond acceptors (Lipinski definition) is 2. The minimum absolute atomic E-state index is 0.535. The van der Waals surface area contributed by atoms with Crippen LogP contribution in [0.2, 0.25) is 5.15 Å². The molecule has 0 radical (unpaired) electrons. The maximum Gasteiger partial charge on any atom is 0.161 e. The second-order valence-corrected chi connectivity index (χ2v) is 7.77. The van der Waals surface area contributed by atoms with Crippen molar-refractivity contribution in [3.05, 3.63) is 42.7 Å². The van der Waals surface area contributed by atoms with Gasteiger partial charge in [0.1, 0.15) is 5.15 Å². The molecule has 0 atom stereocenters. The van der Waals surface area contributed by atoms with Gasteiger partial charge in [0.05, 0.1) is 9.26 Å². The van der Waals surface area contributed by atoms with Crippen molar-refractivity contribution in [3.8, 4) is 11.4 Å². The molecule has 0 spiro atoms. The highest BCUT2D eigenvalue weighted by molar-refractivity contribution is 14.1. The molecule has 1 aliphatic carbocycles. The van der Waals surface area contributed by atoms with E-state index in [1.54, 1.807) is 0 Å². The van der Waals surface area contributed by atoms with Gasteiger partial charge >= 0.3 is 0 Å². The van der Waals surface area contributed by atoms with E-state index in [0.29, 0.717) is 11.1 Å². The summed E-state index contributed by atoms with van der Waals surface area (Å²) in [6, 6.07) is 6.17. The topological polar surface area (TPSA) is 25.8 Å². The Morgan fingerprint density at radius 3 is 2.62 bits per heavy atom. The van der Waals surface area contributed by atoms with Crippen LogP contribution in [0.15, 0.2) is 22.7 Å². The van der Waals surface area contributed by atoms with Gasteiger partial charge in [0.15, 0.2) is 5.82 Å². The molecule has 2 aromatic rings. The molecule has 0 bridgehead atoms. The van der Waals surface area contributed by atoms with Crippen molar-refractivity contribution < 1.29 is 0 Å². The minimum Gasteiger partial charge on any atom is -0.232 e. The highest BCUT2D eigenvalue weighted by Gasteiger charge is 2.23. The largest absolute Gasteiger partial charge is 0.232 e. The van der Waals surface area contributed by atoms with Crippen molar-refractivity contribution in [2.24, 2.45) is 0 Å². The van der Waals surface area contributed by atoms with Crippen molar-refractivity contribution in [1.29, 1.82) is 0 Å². The molecule has 2 nitrogen and oxygen atoms in total. The summed E-state index contributed by atoms with van der Waals surface area (Å²) < 4.78 is 2.11. The molecule has 110 valence electrons. The number of benzene rings is 1. The maximum atomic E-state index is 6.35. The van der Waals surface area contributed by atoms with Gasteiger partial charge in [0.2, 0.25) is 0 Å². The SMILES string of the molecule is Cc1cc(-c2nc(Cl)c(I)c(C3CCCC3)n2)ccc1Br. The van der Waals surface area contributed by atoms with Gasteiger partial charge in [0, 0.05) is 16.0 Å². The van der Waals surface area contributed by atoms with Crippen LogP contribution < -0.4 is 0 Å². The first-order chi connectivity index (χ1) is 10.1. The van der Waals surface area contributed by atoms with Crippen LogP contribution in [-0.4, -0.2) is 9.97 Å². The highest BCUT2D eigenvalue weighted by Crippen LogP contribution is 2.38. The quantitative estimate of drug-likeness (QED) is 0.384. The van der Waals surface area contributed by atoms with Gasteiger partial charge in [-0.25, -0.2) is 9.97 Å². The molecule has 21 heavy (non-hydrogen) atoms. The Hall–Kier alpha value is -0.200. The third kappa shape index (κ3) is 3.27. The number of nitrogens with zero attached hydrogens (tertiary/aromatic N) is 2. The van der Waals surface area contributed by atoms with Gasteiger partial charge in [0.25, 0.3) is 0 Å². The first kappa shape index (κ1) is 15.7. The zero-order valence-corrected chi connectivity index (χ0v) is 16.2. The Morgan fingerprint density at radius 2 is 1.95 bits per heavy atom. The molecular weight excluding hydrogens is 462 g/mol. The summed E-state index contributed by atoms with van der Waals surface area (Å²) in [5.41, 5.74) is 3.32. The third-order valence-corrected chi connectivity index (χ3v) is 6.54. The van der Waals surface area contributed by atoms with Crippen LogP contribution in [0, 0.1) is 10.5 Å². The zero-order valence-electron chi connectivity index (χ0n) is 11.7. The lowest BCUT2D eigenvalue weighted by Gasteiger charge is -2.14. The summed E-state index contributed by atoms with van der Waals surface area (Å²) in [5, 5.41) is 0.572.